The normalized spacial score (nSPS) is 11.2. The summed E-state index contributed by atoms with van der Waals surface area (Å²) in [6, 6.07) is 4.48. The third-order valence-electron chi connectivity index (χ3n) is 3.09. The zero-order valence-electron chi connectivity index (χ0n) is 11.5. The molecule has 0 radical (unpaired) electrons. The highest BCUT2D eigenvalue weighted by Crippen LogP contribution is 2.29. The fourth-order valence-corrected chi connectivity index (χ4v) is 1.95. The van der Waals surface area contributed by atoms with Gasteiger partial charge < -0.3 is 4.52 Å². The summed E-state index contributed by atoms with van der Waals surface area (Å²) in [6.07, 6.45) is 2.85. The molecule has 0 amide bonds. The molecule has 0 bridgehead atoms. The highest BCUT2D eigenvalue weighted by atomic mass is 19.4. The molecule has 0 saturated heterocycles. The van der Waals surface area contributed by atoms with Crippen molar-refractivity contribution in [1.82, 2.24) is 5.16 Å². The number of terminal acetylenes is 1. The summed E-state index contributed by atoms with van der Waals surface area (Å²) in [4.78, 5) is 12.2. The van der Waals surface area contributed by atoms with Gasteiger partial charge in [-0.3, -0.25) is 4.79 Å². The molecule has 22 heavy (non-hydrogen) atoms. The molecule has 3 nitrogen and oxygen atoms in total. The van der Waals surface area contributed by atoms with Gasteiger partial charge in [-0.25, -0.2) is 0 Å². The molecule has 1 aromatic carbocycles. The molecular formula is C16H12F3NO2. The van der Waals surface area contributed by atoms with Gasteiger partial charge in [-0.1, -0.05) is 17.3 Å². The maximum Gasteiger partial charge on any atom is 0.416 e. The van der Waals surface area contributed by atoms with Gasteiger partial charge in [0.05, 0.1) is 17.3 Å². The second kappa shape index (κ2) is 6.48. The number of alkyl halides is 3. The summed E-state index contributed by atoms with van der Waals surface area (Å²) in [5.41, 5.74) is 0.0561. The second-order valence-electron chi connectivity index (χ2n) is 4.66. The number of halogens is 3. The van der Waals surface area contributed by atoms with Crippen molar-refractivity contribution in [3.8, 4) is 12.3 Å². The Kier molecular flexibility index (Phi) is 4.66. The van der Waals surface area contributed by atoms with Gasteiger partial charge in [0.25, 0.3) is 0 Å². The quantitative estimate of drug-likeness (QED) is 0.625. The first-order chi connectivity index (χ1) is 10.4. The largest absolute Gasteiger partial charge is 0.416 e. The Bertz CT molecular complexity index is 693. The van der Waals surface area contributed by atoms with Crippen LogP contribution < -0.4 is 0 Å². The molecule has 0 fully saturated rings. The lowest BCUT2D eigenvalue weighted by Gasteiger charge is -2.07. The first kappa shape index (κ1) is 15.8. The molecule has 2 rings (SSSR count). The standard InChI is InChI=1S/C16H12F3NO2/c1-2-3-4-15-13(10-20-22-15)14(21)9-11-5-7-12(8-6-11)16(17,18)19/h1,5-8,10H,3-4,9H2. The molecule has 0 unspecified atom stereocenters. The SMILES string of the molecule is C#CCCc1oncc1C(=O)Cc1ccc(C(F)(F)F)cc1. The van der Waals surface area contributed by atoms with Gasteiger partial charge in [0.2, 0.25) is 0 Å². The lowest BCUT2D eigenvalue weighted by Crippen LogP contribution is -2.07. The van der Waals surface area contributed by atoms with E-state index in [-0.39, 0.29) is 12.2 Å². The minimum atomic E-state index is -4.39. The number of benzene rings is 1. The average molecular weight is 307 g/mol. The van der Waals surface area contributed by atoms with Crippen LogP contribution in [0.5, 0.6) is 0 Å². The van der Waals surface area contributed by atoms with Crippen LogP contribution in [-0.4, -0.2) is 10.9 Å². The molecular weight excluding hydrogens is 295 g/mol. The Hall–Kier alpha value is -2.55. The number of hydrogen-bond donors (Lipinski definition) is 0. The Balaban J connectivity index is 2.09. The minimum Gasteiger partial charge on any atom is -0.361 e. The first-order valence-corrected chi connectivity index (χ1v) is 6.48. The molecule has 0 aliphatic carbocycles. The van der Waals surface area contributed by atoms with Gasteiger partial charge in [-0.2, -0.15) is 13.2 Å². The smallest absolute Gasteiger partial charge is 0.361 e. The summed E-state index contributed by atoms with van der Waals surface area (Å²) in [7, 11) is 0. The van der Waals surface area contributed by atoms with Gasteiger partial charge in [-0.15, -0.1) is 12.3 Å². The fraction of sp³-hybridized carbons (Fsp3) is 0.250. The number of ketones is 1. The Labute approximate surface area is 125 Å². The summed E-state index contributed by atoms with van der Waals surface area (Å²) in [5.74, 6) is 2.56. The number of carbonyl (C=O) groups is 1. The summed E-state index contributed by atoms with van der Waals surface area (Å²) in [6.45, 7) is 0. The Morgan fingerprint density at radius 3 is 2.55 bits per heavy atom. The van der Waals surface area contributed by atoms with Crippen molar-refractivity contribution in [3.63, 3.8) is 0 Å². The van der Waals surface area contributed by atoms with Crippen LogP contribution in [0.1, 0.15) is 33.7 Å². The molecule has 0 aliphatic heterocycles. The maximum absolute atomic E-state index is 12.5. The number of Topliss-reactive ketones (excluding diaryl/α,β-unsaturated/α-hetero) is 1. The third-order valence-corrected chi connectivity index (χ3v) is 3.09. The number of rotatable bonds is 5. The molecule has 1 aromatic heterocycles. The van der Waals surface area contributed by atoms with Crippen molar-refractivity contribution in [1.29, 1.82) is 0 Å². The minimum absolute atomic E-state index is 0.0254. The predicted molar refractivity (Wildman–Crippen MR) is 73.1 cm³/mol. The molecule has 6 heteroatoms. The van der Waals surface area contributed by atoms with Crippen molar-refractivity contribution >= 4 is 5.78 Å². The van der Waals surface area contributed by atoms with E-state index in [2.05, 4.69) is 11.1 Å². The highest BCUT2D eigenvalue weighted by molar-refractivity contribution is 5.98. The number of aryl methyl sites for hydroxylation is 1. The molecule has 114 valence electrons. The van der Waals surface area contributed by atoms with Gasteiger partial charge >= 0.3 is 6.18 Å². The van der Waals surface area contributed by atoms with E-state index >= 15 is 0 Å². The van der Waals surface area contributed by atoms with Gasteiger partial charge in [0, 0.05) is 19.3 Å². The van der Waals surface area contributed by atoms with E-state index < -0.39 is 11.7 Å². The number of nitrogens with zero attached hydrogens (tertiary/aromatic N) is 1. The van der Waals surface area contributed by atoms with E-state index in [0.29, 0.717) is 29.7 Å². The maximum atomic E-state index is 12.5. The van der Waals surface area contributed by atoms with E-state index in [9.17, 15) is 18.0 Å². The lowest BCUT2D eigenvalue weighted by molar-refractivity contribution is -0.137. The second-order valence-corrected chi connectivity index (χ2v) is 4.66. The van der Waals surface area contributed by atoms with E-state index in [0.717, 1.165) is 12.1 Å². The van der Waals surface area contributed by atoms with Crippen LogP contribution in [0, 0.1) is 12.3 Å². The Morgan fingerprint density at radius 1 is 1.27 bits per heavy atom. The first-order valence-electron chi connectivity index (χ1n) is 6.48. The highest BCUT2D eigenvalue weighted by Gasteiger charge is 2.30. The topological polar surface area (TPSA) is 43.1 Å². The van der Waals surface area contributed by atoms with Gasteiger partial charge in [0.15, 0.2) is 5.78 Å². The summed E-state index contributed by atoms with van der Waals surface area (Å²) >= 11 is 0. The van der Waals surface area contributed by atoms with Crippen LogP contribution in [-0.2, 0) is 19.0 Å². The van der Waals surface area contributed by atoms with Crippen molar-refractivity contribution < 1.29 is 22.5 Å². The van der Waals surface area contributed by atoms with Crippen molar-refractivity contribution in [2.45, 2.75) is 25.4 Å². The van der Waals surface area contributed by atoms with Crippen molar-refractivity contribution in [3.05, 3.63) is 52.9 Å². The monoisotopic (exact) mass is 307 g/mol. The van der Waals surface area contributed by atoms with Crippen LogP contribution in [0.2, 0.25) is 0 Å². The molecule has 0 saturated carbocycles. The fourth-order valence-electron chi connectivity index (χ4n) is 1.95. The number of hydrogen-bond acceptors (Lipinski definition) is 3. The van der Waals surface area contributed by atoms with Crippen molar-refractivity contribution in [2.75, 3.05) is 0 Å². The molecule has 0 atom stereocenters. The van der Waals surface area contributed by atoms with E-state index in [4.69, 9.17) is 10.9 Å². The molecule has 0 spiro atoms. The molecule has 1 heterocycles. The van der Waals surface area contributed by atoms with Gasteiger partial charge in [0.1, 0.15) is 5.76 Å². The third kappa shape index (κ3) is 3.76. The zero-order chi connectivity index (χ0) is 16.2. The van der Waals surface area contributed by atoms with Crippen LogP contribution in [0.3, 0.4) is 0 Å². The predicted octanol–water partition coefficient (Wildman–Crippen LogP) is 3.68. The molecule has 0 aliphatic rings. The summed E-state index contributed by atoms with van der Waals surface area (Å²) < 4.78 is 42.4. The number of carbonyl (C=O) groups excluding carboxylic acids is 1. The molecule has 2 aromatic rings. The van der Waals surface area contributed by atoms with Crippen LogP contribution in [0.25, 0.3) is 0 Å². The van der Waals surface area contributed by atoms with Crippen molar-refractivity contribution in [2.24, 2.45) is 0 Å². The number of aromatic nitrogens is 1. The van der Waals surface area contributed by atoms with Gasteiger partial charge in [-0.05, 0) is 17.7 Å². The van der Waals surface area contributed by atoms with E-state index in [1.165, 1.54) is 18.3 Å². The summed E-state index contributed by atoms with van der Waals surface area (Å²) in [5, 5.41) is 3.57. The van der Waals surface area contributed by atoms with Crippen LogP contribution in [0.4, 0.5) is 13.2 Å². The van der Waals surface area contributed by atoms with Crippen LogP contribution in [0.15, 0.2) is 35.0 Å². The zero-order valence-corrected chi connectivity index (χ0v) is 11.5. The lowest BCUT2D eigenvalue weighted by atomic mass is 10.0. The Morgan fingerprint density at radius 2 is 1.95 bits per heavy atom. The molecule has 0 N–H and O–H groups in total. The van der Waals surface area contributed by atoms with Crippen LogP contribution >= 0.6 is 0 Å². The average Bonchev–Trinajstić information content (AvgIpc) is 2.93. The van der Waals surface area contributed by atoms with E-state index in [1.54, 1.807) is 0 Å². The van der Waals surface area contributed by atoms with E-state index in [1.807, 2.05) is 0 Å².